The zero-order valence-electron chi connectivity index (χ0n) is 11.3. The molecule has 0 N–H and O–H groups in total. The average Bonchev–Trinajstić information content (AvgIpc) is 2.87. The average molecular weight is 275 g/mol. The Morgan fingerprint density at radius 1 is 1.05 bits per heavy atom. The van der Waals surface area contributed by atoms with Gasteiger partial charge in [0.05, 0.1) is 29.8 Å². The van der Waals surface area contributed by atoms with Crippen LogP contribution in [0.4, 0.5) is 5.69 Å². The molecule has 0 fully saturated rings. The third kappa shape index (κ3) is 2.41. The maximum Gasteiger partial charge on any atom is 0.257 e. The SMILES string of the molecule is N#CCC1C(=O)N(c2ccccc2)N=C1c1ccccc1. The van der Waals surface area contributed by atoms with Gasteiger partial charge in [-0.05, 0) is 17.7 Å². The number of hydrazone groups is 1. The molecule has 0 saturated carbocycles. The summed E-state index contributed by atoms with van der Waals surface area (Å²) in [6.07, 6.45) is 0.135. The van der Waals surface area contributed by atoms with Crippen LogP contribution in [-0.2, 0) is 4.79 Å². The number of carbonyl (C=O) groups is 1. The summed E-state index contributed by atoms with van der Waals surface area (Å²) in [5, 5.41) is 14.8. The highest BCUT2D eigenvalue weighted by molar-refractivity contribution is 6.21. The first-order valence-electron chi connectivity index (χ1n) is 6.71. The number of para-hydroxylation sites is 1. The number of nitriles is 1. The fourth-order valence-electron chi connectivity index (χ4n) is 2.39. The van der Waals surface area contributed by atoms with Crippen LogP contribution in [0.2, 0.25) is 0 Å². The minimum Gasteiger partial charge on any atom is -0.272 e. The van der Waals surface area contributed by atoms with Crippen molar-refractivity contribution < 1.29 is 4.79 Å². The van der Waals surface area contributed by atoms with Crippen LogP contribution in [0.1, 0.15) is 12.0 Å². The number of amides is 1. The number of nitrogens with zero attached hydrogens (tertiary/aromatic N) is 3. The first kappa shape index (κ1) is 13.1. The summed E-state index contributed by atoms with van der Waals surface area (Å²) < 4.78 is 0. The molecule has 102 valence electrons. The van der Waals surface area contributed by atoms with Crippen molar-refractivity contribution in [1.82, 2.24) is 0 Å². The highest BCUT2D eigenvalue weighted by atomic mass is 16.2. The van der Waals surface area contributed by atoms with Crippen LogP contribution in [0, 0.1) is 17.2 Å². The monoisotopic (exact) mass is 275 g/mol. The van der Waals surface area contributed by atoms with E-state index in [9.17, 15) is 4.79 Å². The summed E-state index contributed by atoms with van der Waals surface area (Å²) in [4.78, 5) is 12.5. The molecule has 3 rings (SSSR count). The molecule has 0 radical (unpaired) electrons. The molecule has 0 aromatic heterocycles. The molecule has 2 aromatic rings. The van der Waals surface area contributed by atoms with Crippen molar-refractivity contribution in [2.24, 2.45) is 11.0 Å². The molecule has 0 saturated heterocycles. The van der Waals surface area contributed by atoms with Gasteiger partial charge in [-0.25, -0.2) is 0 Å². The van der Waals surface area contributed by atoms with Gasteiger partial charge in [-0.1, -0.05) is 48.5 Å². The van der Waals surface area contributed by atoms with Gasteiger partial charge in [0.1, 0.15) is 0 Å². The van der Waals surface area contributed by atoms with E-state index in [1.165, 1.54) is 5.01 Å². The molecule has 0 aliphatic carbocycles. The minimum atomic E-state index is -0.502. The van der Waals surface area contributed by atoms with Crippen molar-refractivity contribution >= 4 is 17.3 Å². The third-order valence-corrected chi connectivity index (χ3v) is 3.41. The van der Waals surface area contributed by atoms with E-state index >= 15 is 0 Å². The van der Waals surface area contributed by atoms with Gasteiger partial charge < -0.3 is 0 Å². The summed E-state index contributed by atoms with van der Waals surface area (Å²) in [5.41, 5.74) is 2.26. The Morgan fingerprint density at radius 3 is 2.29 bits per heavy atom. The van der Waals surface area contributed by atoms with Crippen molar-refractivity contribution in [3.63, 3.8) is 0 Å². The number of carbonyl (C=O) groups excluding carboxylic acids is 1. The van der Waals surface area contributed by atoms with Crippen LogP contribution >= 0.6 is 0 Å². The van der Waals surface area contributed by atoms with Crippen molar-refractivity contribution in [1.29, 1.82) is 5.26 Å². The van der Waals surface area contributed by atoms with E-state index in [2.05, 4.69) is 11.2 Å². The van der Waals surface area contributed by atoms with E-state index in [1.807, 2.05) is 60.7 Å². The van der Waals surface area contributed by atoms with Crippen LogP contribution in [0.15, 0.2) is 65.8 Å². The van der Waals surface area contributed by atoms with Gasteiger partial charge in [0.2, 0.25) is 0 Å². The molecular weight excluding hydrogens is 262 g/mol. The van der Waals surface area contributed by atoms with Gasteiger partial charge in [0.25, 0.3) is 5.91 Å². The summed E-state index contributed by atoms with van der Waals surface area (Å²) in [6.45, 7) is 0. The molecule has 21 heavy (non-hydrogen) atoms. The highest BCUT2D eigenvalue weighted by Gasteiger charge is 2.37. The van der Waals surface area contributed by atoms with Gasteiger partial charge in [-0.15, -0.1) is 0 Å². The van der Waals surface area contributed by atoms with Gasteiger partial charge in [0, 0.05) is 0 Å². The normalized spacial score (nSPS) is 17.5. The fraction of sp³-hybridized carbons (Fsp3) is 0.118. The smallest absolute Gasteiger partial charge is 0.257 e. The van der Waals surface area contributed by atoms with Crippen molar-refractivity contribution in [2.45, 2.75) is 6.42 Å². The lowest BCUT2D eigenvalue weighted by molar-refractivity contribution is -0.119. The molecule has 1 aliphatic heterocycles. The Morgan fingerprint density at radius 2 is 1.67 bits per heavy atom. The highest BCUT2D eigenvalue weighted by Crippen LogP contribution is 2.28. The van der Waals surface area contributed by atoms with Crippen molar-refractivity contribution in [3.8, 4) is 6.07 Å². The molecular formula is C17H13N3O. The lowest BCUT2D eigenvalue weighted by atomic mass is 9.94. The number of benzene rings is 2. The summed E-state index contributed by atoms with van der Waals surface area (Å²) in [6, 6.07) is 20.9. The molecule has 4 heteroatoms. The van der Waals surface area contributed by atoms with E-state index in [1.54, 1.807) is 0 Å². The maximum atomic E-state index is 12.5. The quantitative estimate of drug-likeness (QED) is 0.864. The Hall–Kier alpha value is -2.93. The van der Waals surface area contributed by atoms with Gasteiger partial charge in [-0.2, -0.15) is 15.4 Å². The zero-order valence-corrected chi connectivity index (χ0v) is 11.3. The van der Waals surface area contributed by atoms with E-state index in [0.717, 1.165) is 11.3 Å². The van der Waals surface area contributed by atoms with Crippen LogP contribution in [0.3, 0.4) is 0 Å². The lowest BCUT2D eigenvalue weighted by Gasteiger charge is -2.12. The van der Waals surface area contributed by atoms with Crippen LogP contribution in [0.25, 0.3) is 0 Å². The zero-order chi connectivity index (χ0) is 14.7. The van der Waals surface area contributed by atoms with Crippen LogP contribution in [0.5, 0.6) is 0 Å². The molecule has 1 aliphatic rings. The minimum absolute atomic E-state index is 0.135. The van der Waals surface area contributed by atoms with E-state index in [4.69, 9.17) is 5.26 Å². The standard InChI is InChI=1S/C17H13N3O/c18-12-11-15-16(13-7-3-1-4-8-13)19-20(17(15)21)14-9-5-2-6-10-14/h1-10,15H,11H2. The first-order chi connectivity index (χ1) is 10.3. The molecule has 0 bridgehead atoms. The third-order valence-electron chi connectivity index (χ3n) is 3.41. The molecule has 1 atom stereocenters. The topological polar surface area (TPSA) is 56.5 Å². The molecule has 2 aromatic carbocycles. The second-order valence-electron chi connectivity index (χ2n) is 4.75. The molecule has 1 heterocycles. The van der Waals surface area contributed by atoms with Gasteiger partial charge in [0.15, 0.2) is 0 Å². The van der Waals surface area contributed by atoms with Gasteiger partial charge in [-0.3, -0.25) is 4.79 Å². The van der Waals surface area contributed by atoms with E-state index < -0.39 is 5.92 Å². The Bertz CT molecular complexity index is 717. The van der Waals surface area contributed by atoms with E-state index in [0.29, 0.717) is 5.71 Å². The first-order valence-corrected chi connectivity index (χ1v) is 6.71. The summed E-state index contributed by atoms with van der Waals surface area (Å²) in [5.74, 6) is -0.654. The summed E-state index contributed by atoms with van der Waals surface area (Å²) in [7, 11) is 0. The largest absolute Gasteiger partial charge is 0.272 e. The predicted octanol–water partition coefficient (Wildman–Crippen LogP) is 2.97. The van der Waals surface area contributed by atoms with Crippen LogP contribution < -0.4 is 5.01 Å². The second kappa shape index (κ2) is 5.59. The second-order valence-corrected chi connectivity index (χ2v) is 4.75. The number of rotatable bonds is 3. The molecule has 4 nitrogen and oxygen atoms in total. The fourth-order valence-corrected chi connectivity index (χ4v) is 2.39. The number of anilines is 1. The van der Waals surface area contributed by atoms with Crippen LogP contribution in [-0.4, -0.2) is 11.6 Å². The number of hydrogen-bond acceptors (Lipinski definition) is 3. The van der Waals surface area contributed by atoms with Gasteiger partial charge >= 0.3 is 0 Å². The molecule has 0 spiro atoms. The van der Waals surface area contributed by atoms with Crippen molar-refractivity contribution in [3.05, 3.63) is 66.2 Å². The maximum absolute atomic E-state index is 12.5. The Labute approximate surface area is 122 Å². The Kier molecular flexibility index (Phi) is 3.48. The number of hydrogen-bond donors (Lipinski definition) is 0. The predicted molar refractivity (Wildman–Crippen MR) is 80.6 cm³/mol. The lowest BCUT2D eigenvalue weighted by Crippen LogP contribution is -2.27. The Balaban J connectivity index is 2.03. The summed E-state index contributed by atoms with van der Waals surface area (Å²) >= 11 is 0. The molecule has 1 amide bonds. The molecule has 1 unspecified atom stereocenters. The van der Waals surface area contributed by atoms with E-state index in [-0.39, 0.29) is 12.3 Å². The van der Waals surface area contributed by atoms with Crippen molar-refractivity contribution in [2.75, 3.05) is 5.01 Å².